The molecule has 0 amide bonds. The number of tetrazole rings is 1. The molecule has 0 fully saturated rings. The number of aromatic nitrogens is 4. The Morgan fingerprint density at radius 1 is 1.29 bits per heavy atom. The van der Waals surface area contributed by atoms with E-state index < -0.39 is 0 Å². The van der Waals surface area contributed by atoms with E-state index in [0.717, 1.165) is 12.2 Å². The van der Waals surface area contributed by atoms with E-state index in [9.17, 15) is 0 Å². The monoisotopic (exact) mass is 197 g/mol. The zero-order chi connectivity index (χ0) is 10.6. The van der Waals surface area contributed by atoms with E-state index in [1.807, 2.05) is 6.92 Å². The quantitative estimate of drug-likeness (QED) is 0.746. The summed E-state index contributed by atoms with van der Waals surface area (Å²) in [5.41, 5.74) is 0. The zero-order valence-electron chi connectivity index (χ0n) is 9.28. The van der Waals surface area contributed by atoms with Crippen LogP contribution in [0.5, 0.6) is 0 Å². The lowest BCUT2D eigenvalue weighted by Gasteiger charge is -2.19. The summed E-state index contributed by atoms with van der Waals surface area (Å²) >= 11 is 0. The molecule has 2 atom stereocenters. The van der Waals surface area contributed by atoms with Crippen molar-refractivity contribution in [1.29, 1.82) is 0 Å². The number of nitrogens with zero attached hydrogens (tertiary/aromatic N) is 3. The predicted molar refractivity (Wildman–Crippen MR) is 54.6 cm³/mol. The van der Waals surface area contributed by atoms with Crippen molar-refractivity contribution in [1.82, 2.24) is 25.9 Å². The van der Waals surface area contributed by atoms with Crippen LogP contribution >= 0.6 is 0 Å². The molecule has 0 bridgehead atoms. The first-order valence-corrected chi connectivity index (χ1v) is 5.09. The minimum atomic E-state index is 0.155. The molecule has 1 heterocycles. The molecule has 1 aromatic heterocycles. The van der Waals surface area contributed by atoms with Crippen molar-refractivity contribution in [3.8, 4) is 0 Å². The fraction of sp³-hybridized carbons (Fsp3) is 0.889. The summed E-state index contributed by atoms with van der Waals surface area (Å²) in [6.07, 6.45) is 1.15. The van der Waals surface area contributed by atoms with E-state index in [-0.39, 0.29) is 6.04 Å². The number of nitrogens with one attached hydrogen (secondary N) is 2. The summed E-state index contributed by atoms with van der Waals surface area (Å²) in [7, 11) is 0. The van der Waals surface area contributed by atoms with E-state index >= 15 is 0 Å². The molecule has 1 aromatic rings. The predicted octanol–water partition coefficient (Wildman–Crippen LogP) is 1.28. The summed E-state index contributed by atoms with van der Waals surface area (Å²) in [6, 6.07) is 0.631. The molecule has 1 rings (SSSR count). The SMILES string of the molecule is CC(C)CC(C)NC(C)c1nn[nH]n1. The van der Waals surface area contributed by atoms with Gasteiger partial charge in [0.05, 0.1) is 6.04 Å². The first-order valence-electron chi connectivity index (χ1n) is 5.09. The first-order chi connectivity index (χ1) is 6.59. The fourth-order valence-electron chi connectivity index (χ4n) is 1.63. The lowest BCUT2D eigenvalue weighted by molar-refractivity contribution is 0.399. The average Bonchev–Trinajstić information content (AvgIpc) is 2.53. The van der Waals surface area contributed by atoms with Crippen molar-refractivity contribution in [3.63, 3.8) is 0 Å². The Balaban J connectivity index is 2.37. The lowest BCUT2D eigenvalue weighted by Crippen LogP contribution is -2.30. The minimum absolute atomic E-state index is 0.155. The van der Waals surface area contributed by atoms with Crippen LogP contribution in [0, 0.1) is 5.92 Å². The third-order valence-corrected chi connectivity index (χ3v) is 2.11. The molecule has 0 radical (unpaired) electrons. The van der Waals surface area contributed by atoms with Crippen molar-refractivity contribution in [3.05, 3.63) is 5.82 Å². The van der Waals surface area contributed by atoms with Crippen molar-refractivity contribution in [2.45, 2.75) is 46.2 Å². The zero-order valence-corrected chi connectivity index (χ0v) is 9.28. The molecule has 0 aliphatic carbocycles. The van der Waals surface area contributed by atoms with E-state index in [1.165, 1.54) is 0 Å². The van der Waals surface area contributed by atoms with Gasteiger partial charge in [-0.15, -0.1) is 10.2 Å². The van der Waals surface area contributed by atoms with Crippen LogP contribution in [0.25, 0.3) is 0 Å². The second-order valence-electron chi connectivity index (χ2n) is 4.19. The molecule has 0 aromatic carbocycles. The standard InChI is InChI=1S/C9H19N5/c1-6(2)5-7(3)10-8(4)9-11-13-14-12-9/h6-8,10H,5H2,1-4H3,(H,11,12,13,14). The largest absolute Gasteiger partial charge is 0.305 e. The van der Waals surface area contributed by atoms with Crippen LogP contribution in [-0.2, 0) is 0 Å². The van der Waals surface area contributed by atoms with Crippen molar-refractivity contribution in [2.75, 3.05) is 0 Å². The van der Waals surface area contributed by atoms with Gasteiger partial charge in [-0.25, -0.2) is 0 Å². The van der Waals surface area contributed by atoms with Gasteiger partial charge in [0, 0.05) is 6.04 Å². The highest BCUT2D eigenvalue weighted by molar-refractivity contribution is 4.87. The second kappa shape index (κ2) is 5.05. The van der Waals surface area contributed by atoms with Gasteiger partial charge in [-0.1, -0.05) is 19.1 Å². The fourth-order valence-corrected chi connectivity index (χ4v) is 1.63. The Hall–Kier alpha value is -0.970. The van der Waals surface area contributed by atoms with E-state index in [2.05, 4.69) is 46.7 Å². The van der Waals surface area contributed by atoms with Gasteiger partial charge in [0.25, 0.3) is 0 Å². The van der Waals surface area contributed by atoms with Crippen LogP contribution in [0.4, 0.5) is 0 Å². The third kappa shape index (κ3) is 3.41. The van der Waals surface area contributed by atoms with Crippen LogP contribution in [0.2, 0.25) is 0 Å². The lowest BCUT2D eigenvalue weighted by atomic mass is 10.0. The molecule has 5 heteroatoms. The van der Waals surface area contributed by atoms with Crippen molar-refractivity contribution >= 4 is 0 Å². The van der Waals surface area contributed by atoms with Gasteiger partial charge in [-0.3, -0.25) is 0 Å². The summed E-state index contributed by atoms with van der Waals surface area (Å²) in [4.78, 5) is 0. The molecule has 14 heavy (non-hydrogen) atoms. The topological polar surface area (TPSA) is 66.5 Å². The highest BCUT2D eigenvalue weighted by Gasteiger charge is 2.13. The highest BCUT2D eigenvalue weighted by Crippen LogP contribution is 2.09. The summed E-state index contributed by atoms with van der Waals surface area (Å²) < 4.78 is 0. The Morgan fingerprint density at radius 3 is 2.50 bits per heavy atom. The maximum absolute atomic E-state index is 3.94. The van der Waals surface area contributed by atoms with Gasteiger partial charge in [0.2, 0.25) is 0 Å². The summed E-state index contributed by atoms with van der Waals surface area (Å²) in [5.74, 6) is 1.43. The van der Waals surface area contributed by atoms with Gasteiger partial charge in [0.15, 0.2) is 5.82 Å². The van der Waals surface area contributed by atoms with Crippen LogP contribution in [-0.4, -0.2) is 26.7 Å². The molecule has 0 spiro atoms. The molecule has 5 nitrogen and oxygen atoms in total. The van der Waals surface area contributed by atoms with E-state index in [1.54, 1.807) is 0 Å². The number of H-pyrrole nitrogens is 1. The molecule has 0 saturated carbocycles. The number of hydrogen-bond acceptors (Lipinski definition) is 4. The van der Waals surface area contributed by atoms with Gasteiger partial charge >= 0.3 is 0 Å². The minimum Gasteiger partial charge on any atom is -0.305 e. The Bertz CT molecular complexity index is 244. The molecule has 80 valence electrons. The first kappa shape index (κ1) is 11.1. The Morgan fingerprint density at radius 2 is 2.00 bits per heavy atom. The van der Waals surface area contributed by atoms with Crippen LogP contribution < -0.4 is 5.32 Å². The summed E-state index contributed by atoms with van der Waals surface area (Å²) in [5, 5.41) is 17.3. The Labute approximate surface area is 84.7 Å². The molecule has 0 aliphatic heterocycles. The number of hydrogen-bond donors (Lipinski definition) is 2. The summed E-state index contributed by atoms with van der Waals surface area (Å²) in [6.45, 7) is 8.66. The normalized spacial score (nSPS) is 15.8. The maximum atomic E-state index is 3.94. The van der Waals surface area contributed by atoms with Crippen LogP contribution in [0.15, 0.2) is 0 Å². The van der Waals surface area contributed by atoms with Crippen LogP contribution in [0.3, 0.4) is 0 Å². The molecule has 2 unspecified atom stereocenters. The van der Waals surface area contributed by atoms with Gasteiger partial charge < -0.3 is 5.32 Å². The molecule has 0 aliphatic rings. The van der Waals surface area contributed by atoms with Crippen molar-refractivity contribution < 1.29 is 0 Å². The number of aromatic amines is 1. The second-order valence-corrected chi connectivity index (χ2v) is 4.19. The smallest absolute Gasteiger partial charge is 0.191 e. The van der Waals surface area contributed by atoms with E-state index in [0.29, 0.717) is 12.0 Å². The molecule has 2 N–H and O–H groups in total. The highest BCUT2D eigenvalue weighted by atomic mass is 15.5. The number of rotatable bonds is 5. The third-order valence-electron chi connectivity index (χ3n) is 2.11. The Kier molecular flexibility index (Phi) is 4.00. The van der Waals surface area contributed by atoms with Crippen molar-refractivity contribution in [2.24, 2.45) is 5.92 Å². The van der Waals surface area contributed by atoms with Gasteiger partial charge in [-0.05, 0) is 26.2 Å². The van der Waals surface area contributed by atoms with Crippen LogP contribution in [0.1, 0.15) is 46.0 Å². The molecular formula is C9H19N5. The van der Waals surface area contributed by atoms with Gasteiger partial charge in [0.1, 0.15) is 0 Å². The average molecular weight is 197 g/mol. The molecule has 0 saturated heterocycles. The van der Waals surface area contributed by atoms with E-state index in [4.69, 9.17) is 0 Å². The van der Waals surface area contributed by atoms with Gasteiger partial charge in [-0.2, -0.15) is 5.21 Å². The maximum Gasteiger partial charge on any atom is 0.191 e. The molecular weight excluding hydrogens is 178 g/mol.